The first-order valence-corrected chi connectivity index (χ1v) is 10.3. The fourth-order valence-corrected chi connectivity index (χ4v) is 3.74. The van der Waals surface area contributed by atoms with Crippen molar-refractivity contribution in [1.82, 2.24) is 14.7 Å². The first-order chi connectivity index (χ1) is 13.6. The van der Waals surface area contributed by atoms with Crippen LogP contribution in [0.3, 0.4) is 0 Å². The summed E-state index contributed by atoms with van der Waals surface area (Å²) in [6.07, 6.45) is 0. The van der Waals surface area contributed by atoms with Crippen LogP contribution < -0.4 is 4.74 Å². The molecule has 2 heterocycles. The van der Waals surface area contributed by atoms with Gasteiger partial charge in [0.1, 0.15) is 12.4 Å². The number of ether oxygens (including phenoxy) is 2. The van der Waals surface area contributed by atoms with Crippen LogP contribution in [0.4, 0.5) is 0 Å². The lowest BCUT2D eigenvalue weighted by atomic mass is 10.1. The quantitative estimate of drug-likeness (QED) is 0.715. The summed E-state index contributed by atoms with van der Waals surface area (Å²) < 4.78 is 11.3. The van der Waals surface area contributed by atoms with Gasteiger partial charge in [-0.15, -0.1) is 0 Å². The molecule has 0 saturated carbocycles. The molecule has 28 heavy (non-hydrogen) atoms. The van der Waals surface area contributed by atoms with Gasteiger partial charge in [0, 0.05) is 52.4 Å². The molecule has 7 nitrogen and oxygen atoms in total. The van der Waals surface area contributed by atoms with Crippen molar-refractivity contribution >= 4 is 5.97 Å². The average molecular weight is 392 g/mol. The summed E-state index contributed by atoms with van der Waals surface area (Å²) in [7, 11) is 0. The summed E-state index contributed by atoms with van der Waals surface area (Å²) in [6, 6.07) is 8.15. The van der Waals surface area contributed by atoms with Crippen LogP contribution in [0.2, 0.25) is 0 Å². The molecule has 0 bridgehead atoms. The zero-order valence-electron chi connectivity index (χ0n) is 16.9. The number of nitrogens with zero attached hydrogens (tertiary/aromatic N) is 3. The van der Waals surface area contributed by atoms with E-state index < -0.39 is 11.9 Å². The molecule has 156 valence electrons. The van der Waals surface area contributed by atoms with Gasteiger partial charge in [0.25, 0.3) is 0 Å². The number of hydrogen-bond acceptors (Lipinski definition) is 6. The zero-order chi connectivity index (χ0) is 19.8. The van der Waals surface area contributed by atoms with E-state index in [-0.39, 0.29) is 0 Å². The Balaban J connectivity index is 1.40. The van der Waals surface area contributed by atoms with Crippen molar-refractivity contribution in [2.75, 3.05) is 72.2 Å². The van der Waals surface area contributed by atoms with Gasteiger partial charge in [-0.3, -0.25) is 14.6 Å². The molecule has 1 unspecified atom stereocenters. The van der Waals surface area contributed by atoms with Crippen LogP contribution in [0.25, 0.3) is 0 Å². The SMILES string of the molecule is CCN1CCN(CCOc2ccc(CN3CCOCC(C(=O)O)C3)cc2)CC1. The first-order valence-electron chi connectivity index (χ1n) is 10.3. The molecule has 0 aliphatic carbocycles. The summed E-state index contributed by atoms with van der Waals surface area (Å²) in [5.74, 6) is -0.352. The Kier molecular flexibility index (Phi) is 8.09. The second-order valence-corrected chi connectivity index (χ2v) is 7.61. The molecule has 2 aliphatic rings. The average Bonchev–Trinajstić information content (AvgIpc) is 2.96. The maximum Gasteiger partial charge on any atom is 0.310 e. The fraction of sp³-hybridized carbons (Fsp3) is 0.667. The van der Waals surface area contributed by atoms with E-state index in [1.165, 1.54) is 0 Å². The topological polar surface area (TPSA) is 65.5 Å². The Morgan fingerprint density at radius 1 is 1.11 bits per heavy atom. The Bertz CT molecular complexity index is 602. The highest BCUT2D eigenvalue weighted by Crippen LogP contribution is 2.16. The van der Waals surface area contributed by atoms with Gasteiger partial charge in [-0.05, 0) is 24.2 Å². The predicted molar refractivity (Wildman–Crippen MR) is 108 cm³/mol. The van der Waals surface area contributed by atoms with Crippen molar-refractivity contribution in [1.29, 1.82) is 0 Å². The largest absolute Gasteiger partial charge is 0.492 e. The summed E-state index contributed by atoms with van der Waals surface area (Å²) in [6.45, 7) is 12.4. The number of benzene rings is 1. The number of aliphatic carboxylic acids is 1. The van der Waals surface area contributed by atoms with Gasteiger partial charge in [-0.25, -0.2) is 0 Å². The third kappa shape index (κ3) is 6.44. The van der Waals surface area contributed by atoms with Gasteiger partial charge in [0.05, 0.1) is 19.1 Å². The van der Waals surface area contributed by atoms with Crippen LogP contribution in [0.5, 0.6) is 5.75 Å². The predicted octanol–water partition coefficient (Wildman–Crippen LogP) is 1.24. The van der Waals surface area contributed by atoms with Crippen molar-refractivity contribution in [3.63, 3.8) is 0 Å². The third-order valence-electron chi connectivity index (χ3n) is 5.62. The Morgan fingerprint density at radius 2 is 1.82 bits per heavy atom. The molecule has 1 aromatic rings. The monoisotopic (exact) mass is 391 g/mol. The van der Waals surface area contributed by atoms with Crippen molar-refractivity contribution in [2.45, 2.75) is 13.5 Å². The van der Waals surface area contributed by atoms with Crippen LogP contribution in [0.1, 0.15) is 12.5 Å². The minimum absolute atomic E-state index is 0.298. The molecule has 2 saturated heterocycles. The second-order valence-electron chi connectivity index (χ2n) is 7.61. The Hall–Kier alpha value is -1.67. The van der Waals surface area contributed by atoms with Gasteiger partial charge < -0.3 is 19.5 Å². The number of likely N-dealkylation sites (N-methyl/N-ethyl adjacent to an activating group) is 1. The summed E-state index contributed by atoms with van der Waals surface area (Å²) in [5, 5.41) is 9.26. The van der Waals surface area contributed by atoms with Crippen molar-refractivity contribution in [3.05, 3.63) is 29.8 Å². The lowest BCUT2D eigenvalue weighted by Crippen LogP contribution is -2.47. The highest BCUT2D eigenvalue weighted by atomic mass is 16.5. The highest BCUT2D eigenvalue weighted by molar-refractivity contribution is 5.70. The van der Waals surface area contributed by atoms with Gasteiger partial charge in [-0.2, -0.15) is 0 Å². The number of carboxylic acids is 1. The number of carbonyl (C=O) groups is 1. The number of rotatable bonds is 8. The lowest BCUT2D eigenvalue weighted by molar-refractivity contribution is -0.143. The Labute approximate surface area is 167 Å². The van der Waals surface area contributed by atoms with Crippen LogP contribution in [-0.4, -0.2) is 98.0 Å². The second kappa shape index (κ2) is 10.8. The first kappa shape index (κ1) is 21.0. The van der Waals surface area contributed by atoms with Crippen molar-refractivity contribution in [3.8, 4) is 5.75 Å². The zero-order valence-corrected chi connectivity index (χ0v) is 16.9. The van der Waals surface area contributed by atoms with E-state index in [0.717, 1.165) is 63.7 Å². The van der Waals surface area contributed by atoms with Crippen molar-refractivity contribution in [2.24, 2.45) is 5.92 Å². The van der Waals surface area contributed by atoms with E-state index in [9.17, 15) is 9.90 Å². The molecule has 1 aromatic carbocycles. The van der Waals surface area contributed by atoms with E-state index in [2.05, 4.69) is 33.8 Å². The maximum absolute atomic E-state index is 11.3. The molecule has 2 fully saturated rings. The minimum atomic E-state index is -0.785. The molecule has 0 aromatic heterocycles. The molecule has 7 heteroatoms. The van der Waals surface area contributed by atoms with E-state index in [4.69, 9.17) is 9.47 Å². The Morgan fingerprint density at radius 3 is 2.50 bits per heavy atom. The summed E-state index contributed by atoms with van der Waals surface area (Å²) in [4.78, 5) is 18.4. The van der Waals surface area contributed by atoms with Gasteiger partial charge >= 0.3 is 5.97 Å². The van der Waals surface area contributed by atoms with Crippen LogP contribution in [0.15, 0.2) is 24.3 Å². The van der Waals surface area contributed by atoms with Crippen LogP contribution >= 0.6 is 0 Å². The number of carboxylic acid groups (broad SMARTS) is 1. The number of hydrogen-bond donors (Lipinski definition) is 1. The molecule has 3 rings (SSSR count). The molecule has 0 radical (unpaired) electrons. The standard InChI is InChI=1S/C21H33N3O4/c1-2-22-7-9-23(10-8-22)12-14-28-20-5-3-18(4-6-20)15-24-11-13-27-17-19(16-24)21(25)26/h3-6,19H,2,7-17H2,1H3,(H,25,26). The van der Waals surface area contributed by atoms with Crippen LogP contribution in [0, 0.1) is 5.92 Å². The molecule has 0 spiro atoms. The highest BCUT2D eigenvalue weighted by Gasteiger charge is 2.24. The van der Waals surface area contributed by atoms with E-state index in [1.54, 1.807) is 0 Å². The van der Waals surface area contributed by atoms with E-state index in [0.29, 0.717) is 26.4 Å². The summed E-state index contributed by atoms with van der Waals surface area (Å²) in [5.41, 5.74) is 1.16. The van der Waals surface area contributed by atoms with Gasteiger partial charge in [-0.1, -0.05) is 19.1 Å². The minimum Gasteiger partial charge on any atom is -0.492 e. The molecular formula is C21H33N3O4. The molecule has 1 N–H and O–H groups in total. The maximum atomic E-state index is 11.3. The normalized spacial score (nSPS) is 22.7. The molecular weight excluding hydrogens is 358 g/mol. The van der Waals surface area contributed by atoms with Gasteiger partial charge in [0.15, 0.2) is 0 Å². The summed E-state index contributed by atoms with van der Waals surface area (Å²) >= 11 is 0. The third-order valence-corrected chi connectivity index (χ3v) is 5.62. The molecule has 2 aliphatic heterocycles. The molecule has 0 amide bonds. The molecule has 1 atom stereocenters. The van der Waals surface area contributed by atoms with Crippen LogP contribution in [-0.2, 0) is 16.1 Å². The lowest BCUT2D eigenvalue weighted by Gasteiger charge is -2.33. The number of piperazine rings is 1. The fourth-order valence-electron chi connectivity index (χ4n) is 3.74. The van der Waals surface area contributed by atoms with E-state index >= 15 is 0 Å². The van der Waals surface area contributed by atoms with Gasteiger partial charge in [0.2, 0.25) is 0 Å². The van der Waals surface area contributed by atoms with E-state index in [1.807, 2.05) is 12.1 Å². The van der Waals surface area contributed by atoms with Crippen molar-refractivity contribution < 1.29 is 19.4 Å². The smallest absolute Gasteiger partial charge is 0.310 e.